The summed E-state index contributed by atoms with van der Waals surface area (Å²) in [6.07, 6.45) is 1.46. The van der Waals surface area contributed by atoms with E-state index in [1.165, 1.54) is 29.0 Å². The highest BCUT2D eigenvalue weighted by atomic mass is 19.1. The van der Waals surface area contributed by atoms with Gasteiger partial charge in [0, 0.05) is 6.20 Å². The number of nitrogens with zero attached hydrogens (tertiary/aromatic N) is 2. The standard InChI is InChI=1S/C14H10FN3O3/c15-10-3-4-11(9(6-10)7-16)17-13(19)8-18-5-1-2-12(18)14(20)21/h1-6H,8H2,(H,17,19)(H,20,21). The number of halogens is 1. The quantitative estimate of drug-likeness (QED) is 0.896. The van der Waals surface area contributed by atoms with Crippen molar-refractivity contribution in [2.45, 2.75) is 6.54 Å². The third-order valence-electron chi connectivity index (χ3n) is 2.74. The van der Waals surface area contributed by atoms with E-state index in [9.17, 15) is 14.0 Å². The van der Waals surface area contributed by atoms with Gasteiger partial charge in [-0.25, -0.2) is 9.18 Å². The summed E-state index contributed by atoms with van der Waals surface area (Å²) >= 11 is 0. The number of rotatable bonds is 4. The van der Waals surface area contributed by atoms with Gasteiger partial charge < -0.3 is 15.0 Å². The molecular weight excluding hydrogens is 277 g/mol. The molecule has 1 aromatic heterocycles. The summed E-state index contributed by atoms with van der Waals surface area (Å²) in [5, 5.41) is 20.3. The van der Waals surface area contributed by atoms with Crippen LogP contribution < -0.4 is 5.32 Å². The summed E-state index contributed by atoms with van der Waals surface area (Å²) < 4.78 is 14.2. The predicted molar refractivity (Wildman–Crippen MR) is 71.1 cm³/mol. The van der Waals surface area contributed by atoms with Gasteiger partial charge >= 0.3 is 5.97 Å². The molecule has 0 saturated carbocycles. The molecule has 0 aliphatic heterocycles. The van der Waals surface area contributed by atoms with Crippen molar-refractivity contribution in [3.8, 4) is 6.07 Å². The number of benzene rings is 1. The lowest BCUT2D eigenvalue weighted by atomic mass is 10.2. The van der Waals surface area contributed by atoms with E-state index in [-0.39, 0.29) is 23.5 Å². The van der Waals surface area contributed by atoms with Crippen molar-refractivity contribution < 1.29 is 19.1 Å². The Morgan fingerprint density at radius 3 is 2.81 bits per heavy atom. The molecule has 0 unspecified atom stereocenters. The van der Waals surface area contributed by atoms with Crippen LogP contribution in [0.4, 0.5) is 10.1 Å². The number of hydrogen-bond donors (Lipinski definition) is 2. The lowest BCUT2D eigenvalue weighted by Crippen LogP contribution is -2.21. The van der Waals surface area contributed by atoms with Gasteiger partial charge in [0.15, 0.2) is 0 Å². The molecule has 6 nitrogen and oxygen atoms in total. The molecular formula is C14H10FN3O3. The summed E-state index contributed by atoms with van der Waals surface area (Å²) in [4.78, 5) is 22.8. The largest absolute Gasteiger partial charge is 0.477 e. The average Bonchev–Trinajstić information content (AvgIpc) is 2.89. The minimum Gasteiger partial charge on any atom is -0.477 e. The lowest BCUT2D eigenvalue weighted by molar-refractivity contribution is -0.116. The number of amides is 1. The van der Waals surface area contributed by atoms with Gasteiger partial charge in [-0.3, -0.25) is 4.79 Å². The Morgan fingerprint density at radius 2 is 2.14 bits per heavy atom. The molecule has 0 aliphatic carbocycles. The van der Waals surface area contributed by atoms with Crippen LogP contribution in [-0.4, -0.2) is 21.6 Å². The molecule has 21 heavy (non-hydrogen) atoms. The molecule has 2 rings (SSSR count). The molecule has 2 N–H and O–H groups in total. The number of hydrogen-bond acceptors (Lipinski definition) is 3. The molecule has 1 aromatic carbocycles. The second-order valence-corrected chi connectivity index (χ2v) is 4.18. The Balaban J connectivity index is 2.14. The van der Waals surface area contributed by atoms with Crippen LogP contribution in [-0.2, 0) is 11.3 Å². The predicted octanol–water partition coefficient (Wildman–Crippen LogP) is 1.84. The van der Waals surface area contributed by atoms with Crippen molar-refractivity contribution in [2.75, 3.05) is 5.32 Å². The van der Waals surface area contributed by atoms with Crippen LogP contribution in [0.25, 0.3) is 0 Å². The summed E-state index contributed by atoms with van der Waals surface area (Å²) in [5.74, 6) is -2.24. The summed E-state index contributed by atoms with van der Waals surface area (Å²) in [6.45, 7) is -0.225. The number of aromatic carboxylic acids is 1. The third-order valence-corrected chi connectivity index (χ3v) is 2.74. The zero-order valence-corrected chi connectivity index (χ0v) is 10.7. The van der Waals surface area contributed by atoms with Gasteiger partial charge in [-0.2, -0.15) is 5.26 Å². The van der Waals surface area contributed by atoms with E-state index < -0.39 is 17.7 Å². The Labute approximate surface area is 119 Å². The van der Waals surface area contributed by atoms with Crippen molar-refractivity contribution >= 4 is 17.6 Å². The number of aromatic nitrogens is 1. The lowest BCUT2D eigenvalue weighted by Gasteiger charge is -2.09. The molecule has 106 valence electrons. The van der Waals surface area contributed by atoms with Crippen molar-refractivity contribution in [2.24, 2.45) is 0 Å². The molecule has 0 bridgehead atoms. The molecule has 0 spiro atoms. The van der Waals surface area contributed by atoms with Gasteiger partial charge in [-0.1, -0.05) is 0 Å². The van der Waals surface area contributed by atoms with Gasteiger partial charge in [0.25, 0.3) is 0 Å². The molecule has 1 amide bonds. The van der Waals surface area contributed by atoms with Crippen LogP contribution in [0, 0.1) is 17.1 Å². The van der Waals surface area contributed by atoms with Gasteiger partial charge in [-0.15, -0.1) is 0 Å². The Morgan fingerprint density at radius 1 is 1.38 bits per heavy atom. The highest BCUT2D eigenvalue weighted by Crippen LogP contribution is 2.16. The zero-order valence-electron chi connectivity index (χ0n) is 10.7. The maximum atomic E-state index is 13.0. The van der Waals surface area contributed by atoms with E-state index in [1.807, 2.05) is 0 Å². The molecule has 0 aliphatic rings. The van der Waals surface area contributed by atoms with E-state index in [0.717, 1.165) is 12.1 Å². The second kappa shape index (κ2) is 5.88. The van der Waals surface area contributed by atoms with Crippen LogP contribution in [0.1, 0.15) is 16.1 Å². The Hall–Kier alpha value is -3.14. The number of nitrogens with one attached hydrogen (secondary N) is 1. The first-order valence-electron chi connectivity index (χ1n) is 5.89. The van der Waals surface area contributed by atoms with Crippen LogP contribution >= 0.6 is 0 Å². The van der Waals surface area contributed by atoms with Crippen molar-refractivity contribution in [1.82, 2.24) is 4.57 Å². The fourth-order valence-electron chi connectivity index (χ4n) is 1.81. The first-order chi connectivity index (χ1) is 10.0. The molecule has 0 fully saturated rings. The van der Waals surface area contributed by atoms with E-state index in [1.54, 1.807) is 6.07 Å². The highest BCUT2D eigenvalue weighted by Gasteiger charge is 2.13. The second-order valence-electron chi connectivity index (χ2n) is 4.18. The SMILES string of the molecule is N#Cc1cc(F)ccc1NC(=O)Cn1cccc1C(=O)O. The van der Waals surface area contributed by atoms with E-state index in [0.29, 0.717) is 0 Å². The van der Waals surface area contributed by atoms with Gasteiger partial charge in [0.1, 0.15) is 24.1 Å². The van der Waals surface area contributed by atoms with Crippen LogP contribution in [0.15, 0.2) is 36.5 Å². The zero-order chi connectivity index (χ0) is 15.4. The summed E-state index contributed by atoms with van der Waals surface area (Å²) in [6, 6.07) is 8.06. The first-order valence-corrected chi connectivity index (χ1v) is 5.89. The molecule has 0 atom stereocenters. The number of carboxylic acids is 1. The molecule has 1 heterocycles. The monoisotopic (exact) mass is 287 g/mol. The number of anilines is 1. The molecule has 2 aromatic rings. The normalized spacial score (nSPS) is 9.90. The summed E-state index contributed by atoms with van der Waals surface area (Å²) in [5.41, 5.74) is 0.145. The number of carboxylic acid groups (broad SMARTS) is 1. The third kappa shape index (κ3) is 3.25. The fourth-order valence-corrected chi connectivity index (χ4v) is 1.81. The van der Waals surface area contributed by atoms with Gasteiger partial charge in [0.05, 0.1) is 11.3 Å². The topological polar surface area (TPSA) is 95.1 Å². The fraction of sp³-hybridized carbons (Fsp3) is 0.0714. The number of carbonyl (C=O) groups is 2. The van der Waals surface area contributed by atoms with Gasteiger partial charge in [-0.05, 0) is 30.3 Å². The molecule has 7 heteroatoms. The maximum absolute atomic E-state index is 13.0. The number of nitriles is 1. The van der Waals surface area contributed by atoms with Gasteiger partial charge in [0.2, 0.25) is 5.91 Å². The summed E-state index contributed by atoms with van der Waals surface area (Å²) in [7, 11) is 0. The van der Waals surface area contributed by atoms with Crippen molar-refractivity contribution in [1.29, 1.82) is 5.26 Å². The first kappa shape index (κ1) is 14.3. The van der Waals surface area contributed by atoms with E-state index in [4.69, 9.17) is 10.4 Å². The smallest absolute Gasteiger partial charge is 0.352 e. The molecule has 0 radical (unpaired) electrons. The Kier molecular flexibility index (Phi) is 4.00. The van der Waals surface area contributed by atoms with Crippen molar-refractivity contribution in [3.05, 3.63) is 53.6 Å². The number of carbonyl (C=O) groups excluding carboxylic acids is 1. The minimum absolute atomic E-state index is 0.00526. The van der Waals surface area contributed by atoms with Crippen LogP contribution in [0.2, 0.25) is 0 Å². The van der Waals surface area contributed by atoms with Crippen molar-refractivity contribution in [3.63, 3.8) is 0 Å². The minimum atomic E-state index is -1.15. The molecule has 0 saturated heterocycles. The van der Waals surface area contributed by atoms with E-state index in [2.05, 4.69) is 5.32 Å². The maximum Gasteiger partial charge on any atom is 0.352 e. The van der Waals surface area contributed by atoms with E-state index >= 15 is 0 Å². The highest BCUT2D eigenvalue weighted by molar-refractivity contribution is 5.93. The van der Waals surface area contributed by atoms with Crippen LogP contribution in [0.5, 0.6) is 0 Å². The average molecular weight is 287 g/mol. The Bertz CT molecular complexity index is 746. The van der Waals surface area contributed by atoms with Crippen LogP contribution in [0.3, 0.4) is 0 Å².